The van der Waals surface area contributed by atoms with E-state index in [2.05, 4.69) is 11.4 Å². The van der Waals surface area contributed by atoms with E-state index in [0.29, 0.717) is 0 Å². The Balaban J connectivity index is 1.67. The first-order valence-electron chi connectivity index (χ1n) is 8.07. The Morgan fingerprint density at radius 3 is 2.27 bits per heavy atom. The van der Waals surface area contributed by atoms with Gasteiger partial charge in [0.05, 0.1) is 16.6 Å². The highest BCUT2D eigenvalue weighted by Crippen LogP contribution is 2.50. The van der Waals surface area contributed by atoms with Crippen molar-refractivity contribution in [2.24, 2.45) is 0 Å². The number of amides is 1. The summed E-state index contributed by atoms with van der Waals surface area (Å²) in [5, 5.41) is 3.05. The maximum Gasteiger partial charge on any atom is 0.494 e. The second-order valence-electron chi connectivity index (χ2n) is 7.78. The Morgan fingerprint density at radius 1 is 1.09 bits per heavy atom. The molecule has 0 bridgehead atoms. The third-order valence-corrected chi connectivity index (χ3v) is 5.97. The van der Waals surface area contributed by atoms with Crippen molar-refractivity contribution >= 4 is 24.2 Å². The van der Waals surface area contributed by atoms with Gasteiger partial charge in [-0.3, -0.25) is 4.79 Å². The van der Waals surface area contributed by atoms with Crippen molar-refractivity contribution in [1.29, 1.82) is 0 Å². The molecule has 0 radical (unpaired) electrons. The van der Waals surface area contributed by atoms with Crippen LogP contribution in [0.4, 0.5) is 5.69 Å². The summed E-state index contributed by atoms with van der Waals surface area (Å²) in [6.07, 6.45) is 3.05. The largest absolute Gasteiger partial charge is 0.494 e. The fourth-order valence-electron chi connectivity index (χ4n) is 3.60. The highest BCUT2D eigenvalue weighted by atomic mass is 16.7. The highest BCUT2D eigenvalue weighted by molar-refractivity contribution is 6.62. The van der Waals surface area contributed by atoms with Crippen molar-refractivity contribution in [3.05, 3.63) is 23.8 Å². The fraction of sp³-hybridized carbons (Fsp3) is 0.588. The molecule has 1 saturated carbocycles. The van der Waals surface area contributed by atoms with E-state index in [-0.39, 0.29) is 29.6 Å². The molecule has 116 valence electrons. The summed E-state index contributed by atoms with van der Waals surface area (Å²) in [7, 11) is -0.384. The lowest BCUT2D eigenvalue weighted by Crippen LogP contribution is -2.41. The summed E-state index contributed by atoms with van der Waals surface area (Å²) in [6, 6.07) is 6.14. The summed E-state index contributed by atoms with van der Waals surface area (Å²) in [4.78, 5) is 12.3. The normalized spacial score (nSPS) is 26.7. The molecule has 4 rings (SSSR count). The summed E-state index contributed by atoms with van der Waals surface area (Å²) in [5.41, 5.74) is 2.07. The molecule has 2 heterocycles. The summed E-state index contributed by atoms with van der Waals surface area (Å²) in [5.74, 6) is 0.153. The second kappa shape index (κ2) is 4.15. The van der Waals surface area contributed by atoms with Crippen LogP contribution in [0, 0.1) is 0 Å². The summed E-state index contributed by atoms with van der Waals surface area (Å²) in [6.45, 7) is 8.19. The monoisotopic (exact) mass is 299 g/mol. The van der Waals surface area contributed by atoms with Crippen LogP contribution in [0.25, 0.3) is 0 Å². The molecule has 22 heavy (non-hydrogen) atoms. The first-order valence-corrected chi connectivity index (χ1v) is 8.07. The molecule has 1 amide bonds. The first kappa shape index (κ1) is 14.3. The van der Waals surface area contributed by atoms with Gasteiger partial charge in [0.25, 0.3) is 0 Å². The number of anilines is 1. The van der Waals surface area contributed by atoms with Gasteiger partial charge in [0.15, 0.2) is 0 Å². The average molecular weight is 299 g/mol. The van der Waals surface area contributed by atoms with Crippen molar-refractivity contribution in [1.82, 2.24) is 0 Å². The first-order chi connectivity index (χ1) is 10.3. The third-order valence-electron chi connectivity index (χ3n) is 5.97. The number of nitrogens with one attached hydrogen (secondary N) is 1. The number of carbonyl (C=O) groups excluding carboxylic acids is 1. The van der Waals surface area contributed by atoms with E-state index in [9.17, 15) is 4.79 Å². The Labute approximate surface area is 131 Å². The van der Waals surface area contributed by atoms with Gasteiger partial charge in [0.2, 0.25) is 5.91 Å². The predicted octanol–water partition coefficient (Wildman–Crippen LogP) is 2.36. The number of rotatable bonds is 1. The topological polar surface area (TPSA) is 47.6 Å². The molecule has 4 nitrogen and oxygen atoms in total. The standard InChI is InChI=1S/C17H22BNO3/c1-15(2)16(3,4)22-18(21-15)11-6-7-12-13(10-11)19-14(20)17(12)8-5-9-17/h6-7,10H,5,8-9H2,1-4H3,(H,19,20). The van der Waals surface area contributed by atoms with E-state index in [1.165, 1.54) is 0 Å². The zero-order chi connectivity index (χ0) is 15.8. The molecular formula is C17H22BNO3. The van der Waals surface area contributed by atoms with Crippen molar-refractivity contribution in [3.63, 3.8) is 0 Å². The van der Waals surface area contributed by atoms with E-state index >= 15 is 0 Å². The zero-order valence-electron chi connectivity index (χ0n) is 13.7. The lowest BCUT2D eigenvalue weighted by molar-refractivity contribution is -0.123. The summed E-state index contributed by atoms with van der Waals surface area (Å²) >= 11 is 0. The van der Waals surface area contributed by atoms with Crippen LogP contribution < -0.4 is 10.8 Å². The Kier molecular flexibility index (Phi) is 2.69. The van der Waals surface area contributed by atoms with Crippen LogP contribution in [-0.4, -0.2) is 24.2 Å². The van der Waals surface area contributed by atoms with Crippen LogP contribution in [0.3, 0.4) is 0 Å². The Hall–Kier alpha value is -1.33. The molecule has 1 aromatic rings. The van der Waals surface area contributed by atoms with Gasteiger partial charge in [-0.25, -0.2) is 0 Å². The molecule has 1 aliphatic carbocycles. The molecule has 1 spiro atoms. The summed E-state index contributed by atoms with van der Waals surface area (Å²) < 4.78 is 12.2. The van der Waals surface area contributed by atoms with E-state index in [1.54, 1.807) is 0 Å². The van der Waals surface area contributed by atoms with Gasteiger partial charge in [-0.1, -0.05) is 18.6 Å². The minimum atomic E-state index is -0.384. The molecular weight excluding hydrogens is 277 g/mol. The Bertz CT molecular complexity index is 648. The third kappa shape index (κ3) is 1.69. The molecule has 5 heteroatoms. The number of benzene rings is 1. The van der Waals surface area contributed by atoms with Gasteiger partial charge in [0.1, 0.15) is 0 Å². The Morgan fingerprint density at radius 2 is 1.73 bits per heavy atom. The van der Waals surface area contributed by atoms with Crippen molar-refractivity contribution in [2.45, 2.75) is 63.6 Å². The molecule has 1 aromatic carbocycles. The lowest BCUT2D eigenvalue weighted by atomic mass is 9.64. The van der Waals surface area contributed by atoms with Crippen LogP contribution >= 0.6 is 0 Å². The van der Waals surface area contributed by atoms with Crippen LogP contribution in [0.5, 0.6) is 0 Å². The van der Waals surface area contributed by atoms with Gasteiger partial charge in [0, 0.05) is 5.69 Å². The van der Waals surface area contributed by atoms with Crippen LogP contribution in [0.15, 0.2) is 18.2 Å². The molecule has 2 aliphatic heterocycles. The predicted molar refractivity (Wildman–Crippen MR) is 86.3 cm³/mol. The van der Waals surface area contributed by atoms with Crippen LogP contribution in [0.2, 0.25) is 0 Å². The highest BCUT2D eigenvalue weighted by Gasteiger charge is 2.53. The molecule has 1 N–H and O–H groups in total. The van der Waals surface area contributed by atoms with E-state index in [0.717, 1.165) is 36.0 Å². The lowest BCUT2D eigenvalue weighted by Gasteiger charge is -2.36. The minimum absolute atomic E-state index is 0.153. The van der Waals surface area contributed by atoms with Crippen molar-refractivity contribution in [3.8, 4) is 0 Å². The quantitative estimate of drug-likeness (QED) is 0.810. The van der Waals surface area contributed by atoms with E-state index in [1.807, 2.05) is 39.8 Å². The second-order valence-corrected chi connectivity index (χ2v) is 7.78. The minimum Gasteiger partial charge on any atom is -0.399 e. The van der Waals surface area contributed by atoms with E-state index < -0.39 is 0 Å². The number of hydrogen-bond donors (Lipinski definition) is 1. The fourth-order valence-corrected chi connectivity index (χ4v) is 3.60. The molecule has 2 fully saturated rings. The zero-order valence-corrected chi connectivity index (χ0v) is 13.7. The number of carbonyl (C=O) groups is 1. The average Bonchev–Trinajstić information content (AvgIpc) is 2.78. The number of fused-ring (bicyclic) bond motifs is 2. The van der Waals surface area contributed by atoms with Gasteiger partial charge in [-0.2, -0.15) is 0 Å². The maximum absolute atomic E-state index is 12.3. The van der Waals surface area contributed by atoms with Gasteiger partial charge in [-0.15, -0.1) is 0 Å². The van der Waals surface area contributed by atoms with E-state index in [4.69, 9.17) is 9.31 Å². The SMILES string of the molecule is CC1(C)OB(c2ccc3c(c2)NC(=O)C32CCC2)OC1(C)C. The molecule has 3 aliphatic rings. The molecule has 0 unspecified atom stereocenters. The van der Waals surface area contributed by atoms with Crippen LogP contribution in [0.1, 0.15) is 52.5 Å². The maximum atomic E-state index is 12.3. The van der Waals surface area contributed by atoms with Gasteiger partial charge in [-0.05, 0) is 57.6 Å². The van der Waals surface area contributed by atoms with Gasteiger partial charge < -0.3 is 14.6 Å². The van der Waals surface area contributed by atoms with Crippen molar-refractivity contribution < 1.29 is 14.1 Å². The molecule has 1 saturated heterocycles. The van der Waals surface area contributed by atoms with Gasteiger partial charge >= 0.3 is 7.12 Å². The van der Waals surface area contributed by atoms with Crippen LogP contribution in [-0.2, 0) is 19.5 Å². The number of hydrogen-bond acceptors (Lipinski definition) is 3. The smallest absolute Gasteiger partial charge is 0.399 e. The molecule has 0 atom stereocenters. The molecule has 0 aromatic heterocycles. The van der Waals surface area contributed by atoms with Crippen molar-refractivity contribution in [2.75, 3.05) is 5.32 Å².